The van der Waals surface area contributed by atoms with Crippen molar-refractivity contribution >= 4 is 0 Å². The Labute approximate surface area is 71.7 Å². The molecule has 1 aliphatic heterocycles. The molecule has 12 heavy (non-hydrogen) atoms. The molecule has 0 radical (unpaired) electrons. The van der Waals surface area contributed by atoms with Gasteiger partial charge in [-0.05, 0) is 11.6 Å². The molecule has 1 aromatic carbocycles. The molecule has 3 heteroatoms. The molecule has 3 nitrogen and oxygen atoms in total. The summed E-state index contributed by atoms with van der Waals surface area (Å²) in [6, 6.07) is 6.06. The molecule has 2 rings (SSSR count). The van der Waals surface area contributed by atoms with Crippen molar-refractivity contribution in [1.82, 2.24) is 5.01 Å². The zero-order valence-corrected chi connectivity index (χ0v) is 7.08. The van der Waals surface area contributed by atoms with E-state index in [0.29, 0.717) is 0 Å². The number of fused-ring (bicyclic) bond motifs is 1. The summed E-state index contributed by atoms with van der Waals surface area (Å²) in [5, 5.41) is 1.78. The minimum absolute atomic E-state index is 0.791. The molecule has 0 spiro atoms. The number of nitrogens with two attached hydrogens (primary N) is 1. The number of ether oxygens (including phenoxy) is 1. The number of hydrazine groups is 1. The Kier molecular flexibility index (Phi) is 1.75. The Morgan fingerprint density at radius 3 is 3.00 bits per heavy atom. The molecule has 0 aromatic heterocycles. The summed E-state index contributed by atoms with van der Waals surface area (Å²) in [6.07, 6.45) is 0. The van der Waals surface area contributed by atoms with Gasteiger partial charge in [-0.1, -0.05) is 12.1 Å². The van der Waals surface area contributed by atoms with Crippen molar-refractivity contribution in [2.75, 3.05) is 7.11 Å². The zero-order valence-electron chi connectivity index (χ0n) is 7.08. The smallest absolute Gasteiger partial charge is 0.123 e. The lowest BCUT2D eigenvalue weighted by molar-refractivity contribution is 0.292. The maximum Gasteiger partial charge on any atom is 0.123 e. The van der Waals surface area contributed by atoms with Crippen molar-refractivity contribution in [1.29, 1.82) is 0 Å². The highest BCUT2D eigenvalue weighted by Gasteiger charge is 2.18. The Hall–Kier alpha value is -1.06. The van der Waals surface area contributed by atoms with Crippen LogP contribution in [0, 0.1) is 0 Å². The first-order valence-corrected chi connectivity index (χ1v) is 3.95. The van der Waals surface area contributed by atoms with Gasteiger partial charge in [0.2, 0.25) is 0 Å². The molecule has 0 saturated heterocycles. The molecule has 1 aliphatic rings. The van der Waals surface area contributed by atoms with Gasteiger partial charge in [0.1, 0.15) is 5.75 Å². The van der Waals surface area contributed by atoms with Crippen LogP contribution in [0.1, 0.15) is 11.1 Å². The first-order valence-electron chi connectivity index (χ1n) is 3.95. The van der Waals surface area contributed by atoms with Crippen molar-refractivity contribution in [3.8, 4) is 5.75 Å². The van der Waals surface area contributed by atoms with E-state index in [1.165, 1.54) is 11.1 Å². The molecular weight excluding hydrogens is 152 g/mol. The fourth-order valence-corrected chi connectivity index (χ4v) is 1.61. The average molecular weight is 164 g/mol. The summed E-state index contributed by atoms with van der Waals surface area (Å²) in [6.45, 7) is 1.62. The molecule has 0 atom stereocenters. The Bertz CT molecular complexity index is 299. The van der Waals surface area contributed by atoms with Gasteiger partial charge in [0.25, 0.3) is 0 Å². The molecule has 0 saturated carbocycles. The fraction of sp³-hybridized carbons (Fsp3) is 0.333. The van der Waals surface area contributed by atoms with E-state index >= 15 is 0 Å². The van der Waals surface area contributed by atoms with Crippen LogP contribution in [-0.4, -0.2) is 12.1 Å². The predicted molar refractivity (Wildman–Crippen MR) is 46.4 cm³/mol. The molecule has 64 valence electrons. The summed E-state index contributed by atoms with van der Waals surface area (Å²) >= 11 is 0. The van der Waals surface area contributed by atoms with Crippen LogP contribution in [0.3, 0.4) is 0 Å². The van der Waals surface area contributed by atoms with Gasteiger partial charge >= 0.3 is 0 Å². The van der Waals surface area contributed by atoms with Crippen LogP contribution in [0.4, 0.5) is 0 Å². The van der Waals surface area contributed by atoms with E-state index < -0.39 is 0 Å². The Morgan fingerprint density at radius 1 is 1.42 bits per heavy atom. The lowest BCUT2D eigenvalue weighted by Gasteiger charge is -2.05. The number of hydrogen-bond donors (Lipinski definition) is 1. The molecule has 0 aliphatic carbocycles. The monoisotopic (exact) mass is 164 g/mol. The first-order chi connectivity index (χ1) is 5.81. The van der Waals surface area contributed by atoms with E-state index in [0.717, 1.165) is 18.8 Å². The van der Waals surface area contributed by atoms with Crippen LogP contribution in [0.25, 0.3) is 0 Å². The molecule has 0 unspecified atom stereocenters. The first kappa shape index (κ1) is 7.58. The SMILES string of the molecule is COc1cccc2c1CN(N)C2. The quantitative estimate of drug-likeness (QED) is 0.626. The predicted octanol–water partition coefficient (Wildman–Crippen LogP) is 0.885. The highest BCUT2D eigenvalue weighted by atomic mass is 16.5. The number of rotatable bonds is 1. The second-order valence-electron chi connectivity index (χ2n) is 3.00. The molecule has 1 aromatic rings. The van der Waals surface area contributed by atoms with E-state index in [1.54, 1.807) is 12.1 Å². The van der Waals surface area contributed by atoms with E-state index in [2.05, 4.69) is 6.07 Å². The van der Waals surface area contributed by atoms with Gasteiger partial charge in [-0.25, -0.2) is 5.01 Å². The summed E-state index contributed by atoms with van der Waals surface area (Å²) in [5.41, 5.74) is 2.50. The standard InChI is InChI=1S/C9H12N2O/c1-12-9-4-2-3-7-5-11(10)6-8(7)9/h2-4H,5-6,10H2,1H3. The maximum absolute atomic E-state index is 5.69. The third-order valence-corrected chi connectivity index (χ3v) is 2.18. The van der Waals surface area contributed by atoms with Gasteiger partial charge in [-0.3, -0.25) is 5.84 Å². The largest absolute Gasteiger partial charge is 0.496 e. The summed E-state index contributed by atoms with van der Waals surface area (Å²) in [4.78, 5) is 0. The highest BCUT2D eigenvalue weighted by Crippen LogP contribution is 2.28. The lowest BCUT2D eigenvalue weighted by Crippen LogP contribution is -2.23. The zero-order chi connectivity index (χ0) is 8.55. The van der Waals surface area contributed by atoms with Gasteiger partial charge in [0, 0.05) is 18.7 Å². The number of benzene rings is 1. The van der Waals surface area contributed by atoms with Crippen molar-refractivity contribution in [3.05, 3.63) is 29.3 Å². The van der Waals surface area contributed by atoms with Crippen LogP contribution in [0.5, 0.6) is 5.75 Å². The van der Waals surface area contributed by atoms with Crippen LogP contribution in [0.15, 0.2) is 18.2 Å². The topological polar surface area (TPSA) is 38.5 Å². The van der Waals surface area contributed by atoms with E-state index in [4.69, 9.17) is 10.6 Å². The molecular formula is C9H12N2O. The van der Waals surface area contributed by atoms with Crippen LogP contribution in [0.2, 0.25) is 0 Å². The van der Waals surface area contributed by atoms with Crippen LogP contribution < -0.4 is 10.6 Å². The van der Waals surface area contributed by atoms with E-state index in [9.17, 15) is 0 Å². The lowest BCUT2D eigenvalue weighted by atomic mass is 10.1. The second-order valence-corrected chi connectivity index (χ2v) is 3.00. The highest BCUT2D eigenvalue weighted by molar-refractivity contribution is 5.42. The average Bonchev–Trinajstić information content (AvgIpc) is 2.44. The third-order valence-electron chi connectivity index (χ3n) is 2.18. The molecule has 0 bridgehead atoms. The number of methoxy groups -OCH3 is 1. The van der Waals surface area contributed by atoms with Crippen molar-refractivity contribution < 1.29 is 4.74 Å². The van der Waals surface area contributed by atoms with Gasteiger partial charge in [-0.15, -0.1) is 0 Å². The summed E-state index contributed by atoms with van der Waals surface area (Å²) in [7, 11) is 1.69. The fourth-order valence-electron chi connectivity index (χ4n) is 1.61. The van der Waals surface area contributed by atoms with Gasteiger partial charge < -0.3 is 4.74 Å². The maximum atomic E-state index is 5.69. The van der Waals surface area contributed by atoms with E-state index in [-0.39, 0.29) is 0 Å². The third kappa shape index (κ3) is 1.07. The van der Waals surface area contributed by atoms with Crippen molar-refractivity contribution in [2.45, 2.75) is 13.1 Å². The second kappa shape index (κ2) is 2.77. The van der Waals surface area contributed by atoms with Crippen molar-refractivity contribution in [3.63, 3.8) is 0 Å². The van der Waals surface area contributed by atoms with Crippen LogP contribution >= 0.6 is 0 Å². The Morgan fingerprint density at radius 2 is 2.25 bits per heavy atom. The van der Waals surface area contributed by atoms with E-state index in [1.807, 2.05) is 12.1 Å². The molecule has 2 N–H and O–H groups in total. The van der Waals surface area contributed by atoms with Crippen molar-refractivity contribution in [2.24, 2.45) is 5.84 Å². The molecule has 0 fully saturated rings. The molecule has 0 amide bonds. The normalized spacial score (nSPS) is 16.2. The Balaban J connectivity index is 2.44. The van der Waals surface area contributed by atoms with Gasteiger partial charge in [-0.2, -0.15) is 0 Å². The van der Waals surface area contributed by atoms with Gasteiger partial charge in [0.15, 0.2) is 0 Å². The minimum Gasteiger partial charge on any atom is -0.496 e. The number of hydrogen-bond acceptors (Lipinski definition) is 3. The summed E-state index contributed by atoms with van der Waals surface area (Å²) in [5.74, 6) is 6.63. The minimum atomic E-state index is 0.791. The number of nitrogens with zero attached hydrogens (tertiary/aromatic N) is 1. The molecule has 1 heterocycles. The van der Waals surface area contributed by atoms with Gasteiger partial charge in [0.05, 0.1) is 7.11 Å². The van der Waals surface area contributed by atoms with Crippen LogP contribution in [-0.2, 0) is 13.1 Å². The summed E-state index contributed by atoms with van der Waals surface area (Å²) < 4.78 is 5.22.